The maximum absolute atomic E-state index is 12.6. The van der Waals surface area contributed by atoms with Gasteiger partial charge in [-0.3, -0.25) is 25.2 Å². The van der Waals surface area contributed by atoms with E-state index in [1.807, 2.05) is 0 Å². The van der Waals surface area contributed by atoms with Gasteiger partial charge in [0.15, 0.2) is 5.76 Å². The molecule has 0 aromatic carbocycles. The molecule has 29 heavy (non-hydrogen) atoms. The van der Waals surface area contributed by atoms with Crippen LogP contribution in [0.3, 0.4) is 0 Å². The van der Waals surface area contributed by atoms with E-state index >= 15 is 0 Å². The van der Waals surface area contributed by atoms with E-state index in [1.165, 1.54) is 30.4 Å². The van der Waals surface area contributed by atoms with Crippen LogP contribution in [0.25, 0.3) is 0 Å². The molecule has 7 heteroatoms. The summed E-state index contributed by atoms with van der Waals surface area (Å²) >= 11 is 0. The largest absolute Gasteiger partial charge is 0.459 e. The minimum absolute atomic E-state index is 0.109. The molecule has 1 aromatic heterocycles. The van der Waals surface area contributed by atoms with Gasteiger partial charge in [0.25, 0.3) is 11.8 Å². The van der Waals surface area contributed by atoms with Crippen molar-refractivity contribution >= 4 is 17.7 Å². The molecule has 6 rings (SSSR count). The molecule has 2 heterocycles. The Balaban J connectivity index is 1.15. The van der Waals surface area contributed by atoms with Crippen LogP contribution in [-0.4, -0.2) is 35.2 Å². The van der Waals surface area contributed by atoms with Gasteiger partial charge in [-0.2, -0.15) is 0 Å². The third-order valence-corrected chi connectivity index (χ3v) is 7.57. The molecule has 156 valence electrons. The zero-order valence-corrected chi connectivity index (χ0v) is 16.7. The zero-order valence-electron chi connectivity index (χ0n) is 16.7. The summed E-state index contributed by atoms with van der Waals surface area (Å²) in [4.78, 5) is 39.3. The molecule has 1 unspecified atom stereocenters. The first-order valence-electron chi connectivity index (χ1n) is 10.9. The van der Waals surface area contributed by atoms with Gasteiger partial charge in [-0.15, -0.1) is 0 Å². The highest BCUT2D eigenvalue weighted by molar-refractivity contribution is 5.96. The van der Waals surface area contributed by atoms with Gasteiger partial charge in [-0.05, 0) is 86.7 Å². The van der Waals surface area contributed by atoms with Crippen LogP contribution < -0.4 is 10.9 Å². The van der Waals surface area contributed by atoms with Crippen molar-refractivity contribution < 1.29 is 18.8 Å². The number of hydrogen-bond acceptors (Lipinski definition) is 4. The third kappa shape index (κ3) is 3.55. The number of hydrazine groups is 1. The van der Waals surface area contributed by atoms with Crippen molar-refractivity contribution in [2.45, 2.75) is 63.8 Å². The molecule has 0 spiro atoms. The summed E-state index contributed by atoms with van der Waals surface area (Å²) in [6.45, 7) is 0.513. The summed E-state index contributed by atoms with van der Waals surface area (Å²) in [7, 11) is 0. The number of nitrogens with zero attached hydrogens (tertiary/aromatic N) is 1. The first-order valence-corrected chi connectivity index (χ1v) is 10.9. The van der Waals surface area contributed by atoms with Crippen molar-refractivity contribution in [3.05, 3.63) is 24.2 Å². The van der Waals surface area contributed by atoms with Gasteiger partial charge < -0.3 is 9.32 Å². The molecular formula is C22H29N3O4. The Morgan fingerprint density at radius 2 is 1.76 bits per heavy atom. The molecule has 1 atom stereocenters. The SMILES string of the molecule is O=C(CC12CC3CC(CC(C3)C1)C2)NNC(=O)C1CCCN1C(=O)c1ccco1. The zero-order chi connectivity index (χ0) is 20.0. The summed E-state index contributed by atoms with van der Waals surface area (Å²) < 4.78 is 5.18. The second-order valence-electron chi connectivity index (χ2n) is 9.77. The molecule has 2 N–H and O–H groups in total. The van der Waals surface area contributed by atoms with Crippen molar-refractivity contribution in [2.24, 2.45) is 23.2 Å². The van der Waals surface area contributed by atoms with E-state index in [0.29, 0.717) is 19.4 Å². The lowest BCUT2D eigenvalue weighted by Crippen LogP contribution is -2.53. The van der Waals surface area contributed by atoms with Gasteiger partial charge in [0.1, 0.15) is 6.04 Å². The first-order chi connectivity index (χ1) is 14.0. The minimum atomic E-state index is -0.576. The third-order valence-electron chi connectivity index (χ3n) is 7.57. The second-order valence-corrected chi connectivity index (χ2v) is 9.77. The molecule has 5 fully saturated rings. The average Bonchev–Trinajstić information content (AvgIpc) is 3.36. The smallest absolute Gasteiger partial charge is 0.290 e. The van der Waals surface area contributed by atoms with Crippen LogP contribution in [-0.2, 0) is 9.59 Å². The topological polar surface area (TPSA) is 91.7 Å². The lowest BCUT2D eigenvalue weighted by atomic mass is 9.49. The van der Waals surface area contributed by atoms with Crippen LogP contribution >= 0.6 is 0 Å². The number of amides is 3. The van der Waals surface area contributed by atoms with Crippen LogP contribution in [0.1, 0.15) is 68.3 Å². The quantitative estimate of drug-likeness (QED) is 0.762. The number of likely N-dealkylation sites (tertiary alicyclic amines) is 1. The Kier molecular flexibility index (Phi) is 4.63. The maximum Gasteiger partial charge on any atom is 0.290 e. The van der Waals surface area contributed by atoms with E-state index in [4.69, 9.17) is 4.42 Å². The van der Waals surface area contributed by atoms with Crippen LogP contribution in [0.15, 0.2) is 22.8 Å². The van der Waals surface area contributed by atoms with Crippen LogP contribution in [0.4, 0.5) is 0 Å². The van der Waals surface area contributed by atoms with E-state index in [9.17, 15) is 14.4 Å². The van der Waals surface area contributed by atoms with Gasteiger partial charge in [0.2, 0.25) is 5.91 Å². The molecule has 4 saturated carbocycles. The average molecular weight is 399 g/mol. The first kappa shape index (κ1) is 18.7. The van der Waals surface area contributed by atoms with Gasteiger partial charge in [0, 0.05) is 13.0 Å². The van der Waals surface area contributed by atoms with Gasteiger partial charge >= 0.3 is 0 Å². The lowest BCUT2D eigenvalue weighted by Gasteiger charge is -2.56. The minimum Gasteiger partial charge on any atom is -0.459 e. The molecular weight excluding hydrogens is 370 g/mol. The predicted octanol–water partition coefficient (Wildman–Crippen LogP) is 2.64. The molecule has 0 radical (unpaired) electrons. The molecule has 7 nitrogen and oxygen atoms in total. The number of carbonyl (C=O) groups is 3. The predicted molar refractivity (Wildman–Crippen MR) is 104 cm³/mol. The molecule has 4 aliphatic carbocycles. The van der Waals surface area contributed by atoms with Crippen LogP contribution in [0, 0.1) is 23.2 Å². The second kappa shape index (κ2) is 7.18. The summed E-state index contributed by atoms with van der Waals surface area (Å²) in [6, 6.07) is 2.68. The summed E-state index contributed by atoms with van der Waals surface area (Å²) in [5, 5.41) is 0. The fourth-order valence-electron chi connectivity index (χ4n) is 6.93. The Labute approximate surface area is 170 Å². The number of rotatable bonds is 4. The highest BCUT2D eigenvalue weighted by atomic mass is 16.3. The number of furan rings is 1. The van der Waals surface area contributed by atoms with E-state index in [1.54, 1.807) is 12.1 Å². The number of nitrogens with one attached hydrogen (secondary N) is 2. The number of carbonyl (C=O) groups excluding carboxylic acids is 3. The van der Waals surface area contributed by atoms with Crippen molar-refractivity contribution in [1.82, 2.24) is 15.8 Å². The fraction of sp³-hybridized carbons (Fsp3) is 0.682. The molecule has 5 aliphatic rings. The highest BCUT2D eigenvalue weighted by Crippen LogP contribution is 2.61. The summed E-state index contributed by atoms with van der Waals surface area (Å²) in [5.74, 6) is 1.89. The standard InChI is InChI=1S/C22H29N3O4/c26-19(13-22-10-14-7-15(11-22)9-16(8-14)12-22)23-24-20(27)17-3-1-5-25(17)21(28)18-4-2-6-29-18/h2,4,6,14-17H,1,3,5,7-13H2,(H,23,26)(H,24,27). The van der Waals surface area contributed by atoms with Crippen molar-refractivity contribution in [3.63, 3.8) is 0 Å². The van der Waals surface area contributed by atoms with E-state index in [0.717, 1.165) is 43.4 Å². The van der Waals surface area contributed by atoms with E-state index < -0.39 is 6.04 Å². The molecule has 1 saturated heterocycles. The van der Waals surface area contributed by atoms with Crippen molar-refractivity contribution in [2.75, 3.05) is 6.54 Å². The monoisotopic (exact) mass is 399 g/mol. The Morgan fingerprint density at radius 1 is 1.07 bits per heavy atom. The Hall–Kier alpha value is -2.31. The van der Waals surface area contributed by atoms with E-state index in [2.05, 4.69) is 10.9 Å². The van der Waals surface area contributed by atoms with E-state index in [-0.39, 0.29) is 28.9 Å². The Bertz CT molecular complexity index is 768. The summed E-state index contributed by atoms with van der Waals surface area (Å²) in [6.07, 6.45) is 10.8. The van der Waals surface area contributed by atoms with Gasteiger partial charge in [0.05, 0.1) is 6.26 Å². The fourth-order valence-corrected chi connectivity index (χ4v) is 6.93. The molecule has 1 aliphatic heterocycles. The molecule has 4 bridgehead atoms. The maximum atomic E-state index is 12.6. The van der Waals surface area contributed by atoms with Crippen molar-refractivity contribution in [3.8, 4) is 0 Å². The highest BCUT2D eigenvalue weighted by Gasteiger charge is 2.51. The van der Waals surface area contributed by atoms with Gasteiger partial charge in [-0.1, -0.05) is 0 Å². The van der Waals surface area contributed by atoms with Crippen LogP contribution in [0.2, 0.25) is 0 Å². The molecule has 3 amide bonds. The van der Waals surface area contributed by atoms with Gasteiger partial charge in [-0.25, -0.2) is 0 Å². The Morgan fingerprint density at radius 3 is 2.38 bits per heavy atom. The van der Waals surface area contributed by atoms with Crippen LogP contribution in [0.5, 0.6) is 0 Å². The number of hydrogen-bond donors (Lipinski definition) is 2. The normalized spacial score (nSPS) is 35.0. The molecule has 1 aromatic rings. The summed E-state index contributed by atoms with van der Waals surface area (Å²) in [5.41, 5.74) is 5.34. The van der Waals surface area contributed by atoms with Crippen molar-refractivity contribution in [1.29, 1.82) is 0 Å². The lowest BCUT2D eigenvalue weighted by molar-refractivity contribution is -0.135.